The molecule has 0 radical (unpaired) electrons. The number of carbonyl (C=O) groups excluding carboxylic acids is 2. The van der Waals surface area contributed by atoms with Gasteiger partial charge in [-0.25, -0.2) is 0 Å². The standard InChI is InChI=1S/C11H17F3N2O2/c12-11(13,14)10(18)16-6-5-15-9(17)7-8-3-1-2-4-8/h8H,1-7H2,(H,15,17)(H,16,18). The van der Waals surface area contributed by atoms with Gasteiger partial charge >= 0.3 is 12.1 Å². The first-order valence-corrected chi connectivity index (χ1v) is 6.01. The molecule has 0 atom stereocenters. The summed E-state index contributed by atoms with van der Waals surface area (Å²) in [5.41, 5.74) is 0. The van der Waals surface area contributed by atoms with Crippen molar-refractivity contribution in [3.05, 3.63) is 0 Å². The molecule has 0 unspecified atom stereocenters. The van der Waals surface area contributed by atoms with E-state index in [1.165, 1.54) is 0 Å². The minimum atomic E-state index is -4.87. The number of alkyl halides is 3. The number of carbonyl (C=O) groups is 2. The fourth-order valence-corrected chi connectivity index (χ4v) is 2.03. The van der Waals surface area contributed by atoms with Crippen molar-refractivity contribution in [3.63, 3.8) is 0 Å². The van der Waals surface area contributed by atoms with Crippen LogP contribution < -0.4 is 10.6 Å². The number of halogens is 3. The zero-order valence-electron chi connectivity index (χ0n) is 9.98. The Hall–Kier alpha value is -1.27. The predicted octanol–water partition coefficient (Wildman–Crippen LogP) is 1.36. The second kappa shape index (κ2) is 6.61. The maximum Gasteiger partial charge on any atom is 0.471 e. The van der Waals surface area contributed by atoms with Gasteiger partial charge in [-0.05, 0) is 18.8 Å². The number of amides is 2. The molecule has 104 valence electrons. The average Bonchev–Trinajstić information content (AvgIpc) is 2.75. The zero-order chi connectivity index (χ0) is 13.6. The molecule has 7 heteroatoms. The van der Waals surface area contributed by atoms with Crippen LogP contribution in [-0.2, 0) is 9.59 Å². The van der Waals surface area contributed by atoms with Crippen LogP contribution in [0, 0.1) is 5.92 Å². The molecule has 0 saturated heterocycles. The lowest BCUT2D eigenvalue weighted by molar-refractivity contribution is -0.173. The summed E-state index contributed by atoms with van der Waals surface area (Å²) in [6, 6.07) is 0. The molecule has 4 nitrogen and oxygen atoms in total. The van der Waals surface area contributed by atoms with Gasteiger partial charge in [-0.3, -0.25) is 9.59 Å². The quantitative estimate of drug-likeness (QED) is 0.738. The van der Waals surface area contributed by atoms with Crippen LogP contribution >= 0.6 is 0 Å². The lowest BCUT2D eigenvalue weighted by Crippen LogP contribution is -2.41. The highest BCUT2D eigenvalue weighted by Gasteiger charge is 2.38. The lowest BCUT2D eigenvalue weighted by atomic mass is 10.0. The molecule has 18 heavy (non-hydrogen) atoms. The summed E-state index contributed by atoms with van der Waals surface area (Å²) in [6.07, 6.45) is -0.0866. The predicted molar refractivity (Wildman–Crippen MR) is 58.6 cm³/mol. The van der Waals surface area contributed by atoms with Crippen molar-refractivity contribution in [2.75, 3.05) is 13.1 Å². The summed E-state index contributed by atoms with van der Waals surface area (Å²) in [5, 5.41) is 4.19. The molecular weight excluding hydrogens is 249 g/mol. The zero-order valence-corrected chi connectivity index (χ0v) is 9.98. The summed E-state index contributed by atoms with van der Waals surface area (Å²) >= 11 is 0. The van der Waals surface area contributed by atoms with Crippen molar-refractivity contribution in [1.29, 1.82) is 0 Å². The average molecular weight is 266 g/mol. The number of rotatable bonds is 5. The third-order valence-corrected chi connectivity index (χ3v) is 2.94. The lowest BCUT2D eigenvalue weighted by Gasteiger charge is -2.10. The van der Waals surface area contributed by atoms with E-state index < -0.39 is 12.1 Å². The maximum absolute atomic E-state index is 11.8. The summed E-state index contributed by atoms with van der Waals surface area (Å²) in [7, 11) is 0. The first-order chi connectivity index (χ1) is 8.39. The molecule has 1 rings (SSSR count). The van der Waals surface area contributed by atoms with Crippen LogP contribution in [0.1, 0.15) is 32.1 Å². The number of hydrogen-bond acceptors (Lipinski definition) is 2. The van der Waals surface area contributed by atoms with Gasteiger partial charge in [0.1, 0.15) is 0 Å². The summed E-state index contributed by atoms with van der Waals surface area (Å²) in [5.74, 6) is -1.74. The molecule has 1 fully saturated rings. The Morgan fingerprint density at radius 1 is 1.06 bits per heavy atom. The summed E-state index contributed by atoms with van der Waals surface area (Å²) in [6.45, 7) is -0.192. The molecule has 0 aromatic heterocycles. The highest BCUT2D eigenvalue weighted by atomic mass is 19.4. The Morgan fingerprint density at radius 3 is 2.17 bits per heavy atom. The van der Waals surface area contributed by atoms with E-state index in [-0.39, 0.29) is 19.0 Å². The molecule has 2 N–H and O–H groups in total. The molecule has 1 saturated carbocycles. The van der Waals surface area contributed by atoms with E-state index in [2.05, 4.69) is 5.32 Å². The number of nitrogens with one attached hydrogen (secondary N) is 2. The fourth-order valence-electron chi connectivity index (χ4n) is 2.03. The fraction of sp³-hybridized carbons (Fsp3) is 0.818. The Balaban J connectivity index is 2.07. The normalized spacial score (nSPS) is 16.6. The van der Waals surface area contributed by atoms with Gasteiger partial charge in [0.05, 0.1) is 0 Å². The third kappa shape index (κ3) is 5.37. The molecular formula is C11H17F3N2O2. The van der Waals surface area contributed by atoms with Crippen molar-refractivity contribution < 1.29 is 22.8 Å². The van der Waals surface area contributed by atoms with Crippen LogP contribution in [0.5, 0.6) is 0 Å². The highest BCUT2D eigenvalue weighted by molar-refractivity contribution is 5.81. The maximum atomic E-state index is 11.8. The number of hydrogen-bond donors (Lipinski definition) is 2. The largest absolute Gasteiger partial charge is 0.471 e. The van der Waals surface area contributed by atoms with Crippen molar-refractivity contribution in [2.45, 2.75) is 38.3 Å². The van der Waals surface area contributed by atoms with Gasteiger partial charge in [-0.15, -0.1) is 0 Å². The van der Waals surface area contributed by atoms with Crippen LogP contribution in [0.25, 0.3) is 0 Å². The molecule has 0 aromatic carbocycles. The van der Waals surface area contributed by atoms with Crippen molar-refractivity contribution >= 4 is 11.8 Å². The van der Waals surface area contributed by atoms with Crippen LogP contribution in [0.4, 0.5) is 13.2 Å². The molecule has 0 spiro atoms. The van der Waals surface area contributed by atoms with Crippen molar-refractivity contribution in [1.82, 2.24) is 10.6 Å². The van der Waals surface area contributed by atoms with E-state index in [9.17, 15) is 22.8 Å². The SMILES string of the molecule is O=C(CC1CCCC1)NCCNC(=O)C(F)(F)F. The molecule has 0 bridgehead atoms. The monoisotopic (exact) mass is 266 g/mol. The second-order valence-electron chi connectivity index (χ2n) is 4.46. The van der Waals surface area contributed by atoms with Crippen LogP contribution in [0.15, 0.2) is 0 Å². The van der Waals surface area contributed by atoms with Gasteiger partial charge < -0.3 is 10.6 Å². The minimum Gasteiger partial charge on any atom is -0.354 e. The second-order valence-corrected chi connectivity index (χ2v) is 4.46. The minimum absolute atomic E-state index is 0.0212. The van der Waals surface area contributed by atoms with Gasteiger partial charge in [-0.1, -0.05) is 12.8 Å². The smallest absolute Gasteiger partial charge is 0.354 e. The van der Waals surface area contributed by atoms with E-state index >= 15 is 0 Å². The third-order valence-electron chi connectivity index (χ3n) is 2.94. The van der Waals surface area contributed by atoms with Crippen LogP contribution in [-0.4, -0.2) is 31.1 Å². The Bertz CT molecular complexity index is 299. The first kappa shape index (κ1) is 14.8. The van der Waals surface area contributed by atoms with Crippen LogP contribution in [0.2, 0.25) is 0 Å². The Labute approximate surface area is 103 Å². The molecule has 2 amide bonds. The molecule has 0 heterocycles. The summed E-state index contributed by atoms with van der Waals surface area (Å²) < 4.78 is 35.4. The van der Waals surface area contributed by atoms with Gasteiger partial charge in [0, 0.05) is 19.5 Å². The van der Waals surface area contributed by atoms with Crippen molar-refractivity contribution in [3.8, 4) is 0 Å². The van der Waals surface area contributed by atoms with E-state index in [4.69, 9.17) is 0 Å². The van der Waals surface area contributed by atoms with E-state index in [1.807, 2.05) is 0 Å². The Kier molecular flexibility index (Phi) is 5.43. The molecule has 0 aromatic rings. The van der Waals surface area contributed by atoms with Gasteiger partial charge in [0.2, 0.25) is 5.91 Å². The Morgan fingerprint density at radius 2 is 1.61 bits per heavy atom. The highest BCUT2D eigenvalue weighted by Crippen LogP contribution is 2.27. The van der Waals surface area contributed by atoms with Gasteiger partial charge in [0.25, 0.3) is 0 Å². The topological polar surface area (TPSA) is 58.2 Å². The van der Waals surface area contributed by atoms with Gasteiger partial charge in [-0.2, -0.15) is 13.2 Å². The van der Waals surface area contributed by atoms with E-state index in [0.717, 1.165) is 25.7 Å². The summed E-state index contributed by atoms with van der Waals surface area (Å²) in [4.78, 5) is 21.8. The van der Waals surface area contributed by atoms with Crippen LogP contribution in [0.3, 0.4) is 0 Å². The van der Waals surface area contributed by atoms with E-state index in [1.54, 1.807) is 5.32 Å². The molecule has 1 aliphatic carbocycles. The van der Waals surface area contributed by atoms with Crippen molar-refractivity contribution in [2.24, 2.45) is 5.92 Å². The molecule has 1 aliphatic rings. The molecule has 0 aliphatic heterocycles. The first-order valence-electron chi connectivity index (χ1n) is 6.01. The van der Waals surface area contributed by atoms with E-state index in [0.29, 0.717) is 12.3 Å². The van der Waals surface area contributed by atoms with Gasteiger partial charge in [0.15, 0.2) is 0 Å².